The van der Waals surface area contributed by atoms with Gasteiger partial charge in [-0.3, -0.25) is 0 Å². The molecule has 17 rings (SSSR count). The van der Waals surface area contributed by atoms with Gasteiger partial charge in [-0.15, -0.1) is 0 Å². The first-order valence-corrected chi connectivity index (χ1v) is 25.2. The van der Waals surface area contributed by atoms with Crippen molar-refractivity contribution < 1.29 is 0 Å². The van der Waals surface area contributed by atoms with E-state index in [2.05, 4.69) is 241 Å². The third-order valence-corrected chi connectivity index (χ3v) is 16.4. The number of aryl methyl sites for hydroxylation is 2. The van der Waals surface area contributed by atoms with Crippen LogP contribution in [0.3, 0.4) is 0 Å². The Morgan fingerprint density at radius 1 is 0.222 bits per heavy atom. The molecule has 0 radical (unpaired) electrons. The maximum Gasteiger partial charge on any atom is 0.0620 e. The summed E-state index contributed by atoms with van der Waals surface area (Å²) >= 11 is 0. The molecule has 4 heterocycles. The van der Waals surface area contributed by atoms with Crippen LogP contribution < -0.4 is 0 Å². The van der Waals surface area contributed by atoms with Gasteiger partial charge in [-0.25, -0.2) is 0 Å². The van der Waals surface area contributed by atoms with E-state index in [-0.39, 0.29) is 0 Å². The van der Waals surface area contributed by atoms with E-state index in [4.69, 9.17) is 0 Å². The average Bonchev–Trinajstić information content (AvgIpc) is 4.12. The third kappa shape index (κ3) is 5.18. The van der Waals surface area contributed by atoms with E-state index in [9.17, 15) is 0 Å². The first-order valence-electron chi connectivity index (χ1n) is 25.2. The molecular weight excluding hydrogens is 869 g/mol. The summed E-state index contributed by atoms with van der Waals surface area (Å²) in [6.07, 6.45) is 0. The molecule has 0 atom stereocenters. The molecule has 0 fully saturated rings. The van der Waals surface area contributed by atoms with Crippen LogP contribution in [0, 0.1) is 13.8 Å². The molecule has 0 aliphatic rings. The predicted molar refractivity (Wildman–Crippen MR) is 309 cm³/mol. The van der Waals surface area contributed by atoms with Gasteiger partial charge in [0, 0.05) is 43.1 Å². The van der Waals surface area contributed by atoms with E-state index in [0.29, 0.717) is 0 Å². The standard InChI is InChI=1S/C70H42N2/c1-39-23-40(2)25-49(24-39)51-31-61-57-27-41-11-3-6-14-44(41)35-65(57)72-68-38-50-26-48(22-21-47(50)30-60(68)62(32-51)69(61)72)53-17-9-20-56-54(18-10-19-55(53)56)52-33-63-58-28-42-12-4-7-15-45(42)36-66(58)71-67-37-46-16-8-5-13-43(46)29-59(67)64(34-52)70(63)71/h3-38H,1-2H3. The molecular formula is C70H42N2. The summed E-state index contributed by atoms with van der Waals surface area (Å²) < 4.78 is 5.08. The van der Waals surface area contributed by atoms with Crippen molar-refractivity contribution in [3.05, 3.63) is 230 Å². The summed E-state index contributed by atoms with van der Waals surface area (Å²) in [6, 6.07) is 83.3. The number of fused-ring (bicyclic) bond motifs is 17. The molecule has 72 heavy (non-hydrogen) atoms. The fourth-order valence-electron chi connectivity index (χ4n) is 13.3. The van der Waals surface area contributed by atoms with E-state index in [0.717, 1.165) is 0 Å². The van der Waals surface area contributed by atoms with Gasteiger partial charge < -0.3 is 8.80 Å². The van der Waals surface area contributed by atoms with Crippen molar-refractivity contribution >= 4 is 130 Å². The highest BCUT2D eigenvalue weighted by Gasteiger charge is 2.23. The Bertz CT molecular complexity index is 5090. The van der Waals surface area contributed by atoms with Gasteiger partial charge >= 0.3 is 0 Å². The van der Waals surface area contributed by atoms with E-state index in [1.165, 1.54) is 175 Å². The Hall–Kier alpha value is -9.24. The number of aromatic nitrogens is 2. The van der Waals surface area contributed by atoms with E-state index < -0.39 is 0 Å². The SMILES string of the molecule is Cc1cc(C)cc(-c2cc3c4cc5ccccc5cc4n4c5cc6cc(-c7cccc8c(-c9cc%10c%11cc%12ccccc%12cc%11n%11c%12cc%13ccccc%13cc%12c(c9)c%10%11)cccc78)ccc6cc5c(c2)c34)c1. The van der Waals surface area contributed by atoms with Crippen molar-refractivity contribution in [3.8, 4) is 33.4 Å². The second-order valence-corrected chi connectivity index (χ2v) is 20.7. The second kappa shape index (κ2) is 13.8. The fraction of sp³-hybridized carbons (Fsp3) is 0.0286. The monoisotopic (exact) mass is 910 g/mol. The molecule has 0 unspecified atom stereocenters. The van der Waals surface area contributed by atoms with Crippen molar-refractivity contribution in [2.75, 3.05) is 0 Å². The predicted octanol–water partition coefficient (Wildman–Crippen LogP) is 19.4. The Morgan fingerprint density at radius 3 is 1.03 bits per heavy atom. The summed E-state index contributed by atoms with van der Waals surface area (Å²) in [7, 11) is 0. The smallest absolute Gasteiger partial charge is 0.0620 e. The number of benzene rings is 13. The van der Waals surface area contributed by atoms with Crippen molar-refractivity contribution in [1.29, 1.82) is 0 Å². The molecule has 2 nitrogen and oxygen atoms in total. The van der Waals surface area contributed by atoms with Gasteiger partial charge in [0.05, 0.1) is 33.1 Å². The molecule has 0 bridgehead atoms. The van der Waals surface area contributed by atoms with Crippen molar-refractivity contribution in [2.45, 2.75) is 13.8 Å². The number of hydrogen-bond donors (Lipinski definition) is 0. The van der Waals surface area contributed by atoms with Crippen LogP contribution in [0.25, 0.3) is 163 Å². The molecule has 0 spiro atoms. The first-order chi connectivity index (χ1) is 35.5. The van der Waals surface area contributed by atoms with Crippen LogP contribution in [0.2, 0.25) is 0 Å². The number of rotatable bonds is 3. The molecule has 0 saturated carbocycles. The summed E-state index contributed by atoms with van der Waals surface area (Å²) in [5, 5.41) is 22.9. The van der Waals surface area contributed by atoms with Crippen molar-refractivity contribution in [1.82, 2.24) is 8.80 Å². The second-order valence-electron chi connectivity index (χ2n) is 20.7. The Balaban J connectivity index is 0.877. The molecule has 0 N–H and O–H groups in total. The van der Waals surface area contributed by atoms with E-state index in [1.54, 1.807) is 0 Å². The zero-order valence-electron chi connectivity index (χ0n) is 39.7. The highest BCUT2D eigenvalue weighted by atomic mass is 14.9. The molecule has 0 amide bonds. The summed E-state index contributed by atoms with van der Waals surface area (Å²) in [5.41, 5.74) is 17.7. The Kier molecular flexibility index (Phi) is 7.37. The molecule has 13 aromatic carbocycles. The van der Waals surface area contributed by atoms with Crippen LogP contribution >= 0.6 is 0 Å². The van der Waals surface area contributed by atoms with E-state index >= 15 is 0 Å². The fourth-order valence-corrected chi connectivity index (χ4v) is 13.3. The normalized spacial score (nSPS) is 12.6. The maximum atomic E-state index is 2.55. The Labute approximate surface area is 413 Å². The zero-order chi connectivity index (χ0) is 47.1. The summed E-state index contributed by atoms with van der Waals surface area (Å²) in [4.78, 5) is 0. The lowest BCUT2D eigenvalue weighted by atomic mass is 9.91. The van der Waals surface area contributed by atoms with Gasteiger partial charge in [0.1, 0.15) is 0 Å². The topological polar surface area (TPSA) is 8.82 Å². The highest BCUT2D eigenvalue weighted by Crippen LogP contribution is 2.47. The number of nitrogens with zero attached hydrogens (tertiary/aromatic N) is 2. The molecule has 0 aliphatic heterocycles. The van der Waals surface area contributed by atoms with Crippen LogP contribution in [0.5, 0.6) is 0 Å². The average molecular weight is 911 g/mol. The number of hydrogen-bond acceptors (Lipinski definition) is 0. The minimum Gasteiger partial charge on any atom is -0.308 e. The third-order valence-electron chi connectivity index (χ3n) is 16.4. The lowest BCUT2D eigenvalue weighted by Gasteiger charge is -2.13. The van der Waals surface area contributed by atoms with Gasteiger partial charge in [-0.05, 0) is 180 Å². The quantitative estimate of drug-likeness (QED) is 0.167. The van der Waals surface area contributed by atoms with Gasteiger partial charge in [0.25, 0.3) is 0 Å². The lowest BCUT2D eigenvalue weighted by Crippen LogP contribution is -1.87. The van der Waals surface area contributed by atoms with Crippen LogP contribution in [0.4, 0.5) is 0 Å². The summed E-state index contributed by atoms with van der Waals surface area (Å²) in [5.74, 6) is 0. The molecule has 0 saturated heterocycles. The van der Waals surface area contributed by atoms with E-state index in [1.807, 2.05) is 0 Å². The molecule has 332 valence electrons. The van der Waals surface area contributed by atoms with Gasteiger partial charge in [-0.2, -0.15) is 0 Å². The minimum atomic E-state index is 1.22. The highest BCUT2D eigenvalue weighted by molar-refractivity contribution is 6.29. The van der Waals surface area contributed by atoms with Gasteiger partial charge in [-0.1, -0.05) is 151 Å². The molecule has 17 aromatic rings. The first kappa shape index (κ1) is 38.6. The van der Waals surface area contributed by atoms with Crippen molar-refractivity contribution in [2.24, 2.45) is 0 Å². The van der Waals surface area contributed by atoms with Crippen LogP contribution in [-0.4, -0.2) is 8.80 Å². The van der Waals surface area contributed by atoms with Gasteiger partial charge in [0.2, 0.25) is 0 Å². The van der Waals surface area contributed by atoms with Crippen LogP contribution in [0.1, 0.15) is 11.1 Å². The molecule has 4 aromatic heterocycles. The van der Waals surface area contributed by atoms with Gasteiger partial charge in [0.15, 0.2) is 0 Å². The Morgan fingerprint density at radius 2 is 0.583 bits per heavy atom. The molecule has 2 heteroatoms. The zero-order valence-corrected chi connectivity index (χ0v) is 39.7. The van der Waals surface area contributed by atoms with Crippen LogP contribution in [0.15, 0.2) is 218 Å². The van der Waals surface area contributed by atoms with Crippen LogP contribution in [-0.2, 0) is 0 Å². The maximum absolute atomic E-state index is 2.55. The summed E-state index contributed by atoms with van der Waals surface area (Å²) in [6.45, 7) is 4.41. The lowest BCUT2D eigenvalue weighted by molar-refractivity contribution is 1.38. The van der Waals surface area contributed by atoms with Crippen molar-refractivity contribution in [3.63, 3.8) is 0 Å². The largest absolute Gasteiger partial charge is 0.308 e. The molecule has 0 aliphatic carbocycles. The minimum absolute atomic E-state index is 1.22.